The molecule has 1 aromatic carbocycles. The highest BCUT2D eigenvalue weighted by Gasteiger charge is 2.33. The summed E-state index contributed by atoms with van der Waals surface area (Å²) in [4.78, 5) is 0.291. The highest BCUT2D eigenvalue weighted by molar-refractivity contribution is 7.89. The maximum absolute atomic E-state index is 12.5. The largest absolute Gasteiger partial charge is 0.398 e. The van der Waals surface area contributed by atoms with E-state index in [1.54, 1.807) is 32.2 Å². The summed E-state index contributed by atoms with van der Waals surface area (Å²) >= 11 is 0. The van der Waals surface area contributed by atoms with Gasteiger partial charge in [-0.05, 0) is 31.0 Å². The normalized spacial score (nSPS) is 21.3. The van der Waals surface area contributed by atoms with Crippen molar-refractivity contribution in [1.82, 2.24) is 4.31 Å². The van der Waals surface area contributed by atoms with E-state index in [4.69, 9.17) is 10.5 Å². The van der Waals surface area contributed by atoms with Crippen molar-refractivity contribution in [3.8, 4) is 0 Å². The molecule has 2 rings (SSSR count). The number of hydrogen-bond acceptors (Lipinski definition) is 4. The Kier molecular flexibility index (Phi) is 3.61. The Morgan fingerprint density at radius 2 is 2.17 bits per heavy atom. The van der Waals surface area contributed by atoms with Gasteiger partial charge in [0.1, 0.15) is 0 Å². The summed E-state index contributed by atoms with van der Waals surface area (Å²) in [6.07, 6.45) is 0.720. The van der Waals surface area contributed by atoms with Crippen molar-refractivity contribution >= 4 is 15.7 Å². The smallest absolute Gasteiger partial charge is 0.243 e. The quantitative estimate of drug-likeness (QED) is 0.831. The number of nitrogens with zero attached hydrogens (tertiary/aromatic N) is 1. The van der Waals surface area contributed by atoms with Gasteiger partial charge in [0, 0.05) is 25.9 Å². The van der Waals surface area contributed by atoms with E-state index >= 15 is 0 Å². The van der Waals surface area contributed by atoms with E-state index in [1.165, 1.54) is 4.31 Å². The lowest BCUT2D eigenvalue weighted by atomic mass is 10.2. The minimum Gasteiger partial charge on any atom is -0.398 e. The van der Waals surface area contributed by atoms with Gasteiger partial charge in [0.05, 0.1) is 11.0 Å². The standard InChI is InChI=1S/C12H18N2O3S/c1-9-11(13)4-3-5-12(9)18(15,16)14-7-6-10(8-14)17-2/h3-5,10H,6-8,13H2,1-2H3. The number of methoxy groups -OCH3 is 1. The number of nitrogen functional groups attached to an aromatic ring is 1. The van der Waals surface area contributed by atoms with Crippen molar-refractivity contribution in [1.29, 1.82) is 0 Å². The van der Waals surface area contributed by atoms with Crippen molar-refractivity contribution in [2.75, 3.05) is 25.9 Å². The summed E-state index contributed by atoms with van der Waals surface area (Å²) in [7, 11) is -1.86. The molecule has 0 saturated carbocycles. The van der Waals surface area contributed by atoms with E-state index < -0.39 is 10.0 Å². The molecule has 1 saturated heterocycles. The van der Waals surface area contributed by atoms with Gasteiger partial charge in [0.25, 0.3) is 0 Å². The molecule has 1 atom stereocenters. The first-order valence-electron chi connectivity index (χ1n) is 5.85. The molecule has 1 unspecified atom stereocenters. The van der Waals surface area contributed by atoms with Crippen LogP contribution in [-0.2, 0) is 14.8 Å². The average Bonchev–Trinajstić information content (AvgIpc) is 2.81. The molecule has 6 heteroatoms. The molecule has 100 valence electrons. The predicted molar refractivity (Wildman–Crippen MR) is 69.8 cm³/mol. The molecule has 0 amide bonds. The molecule has 1 heterocycles. The number of nitrogens with two attached hydrogens (primary N) is 1. The van der Waals surface area contributed by atoms with Crippen LogP contribution in [0.1, 0.15) is 12.0 Å². The van der Waals surface area contributed by atoms with Gasteiger partial charge in [0.2, 0.25) is 10.0 Å². The van der Waals surface area contributed by atoms with Crippen LogP contribution in [-0.4, -0.2) is 39.0 Å². The van der Waals surface area contributed by atoms with E-state index in [-0.39, 0.29) is 6.10 Å². The molecule has 0 bridgehead atoms. The molecule has 1 fully saturated rings. The van der Waals surface area contributed by atoms with Crippen molar-refractivity contribution in [2.24, 2.45) is 0 Å². The van der Waals surface area contributed by atoms with Crippen LogP contribution in [0.15, 0.2) is 23.1 Å². The third-order valence-electron chi connectivity index (χ3n) is 3.38. The van der Waals surface area contributed by atoms with Crippen LogP contribution < -0.4 is 5.73 Å². The summed E-state index contributed by atoms with van der Waals surface area (Å²) in [5.74, 6) is 0. The van der Waals surface area contributed by atoms with Gasteiger partial charge >= 0.3 is 0 Å². The van der Waals surface area contributed by atoms with Crippen LogP contribution in [0.3, 0.4) is 0 Å². The highest BCUT2D eigenvalue weighted by Crippen LogP contribution is 2.26. The summed E-state index contributed by atoms with van der Waals surface area (Å²) in [5.41, 5.74) is 6.87. The average molecular weight is 270 g/mol. The van der Waals surface area contributed by atoms with Crippen LogP contribution in [0, 0.1) is 6.92 Å². The van der Waals surface area contributed by atoms with Gasteiger partial charge in [-0.3, -0.25) is 0 Å². The minimum absolute atomic E-state index is 0.0128. The Balaban J connectivity index is 2.35. The van der Waals surface area contributed by atoms with Crippen LogP contribution in [0.2, 0.25) is 0 Å². The zero-order valence-corrected chi connectivity index (χ0v) is 11.4. The molecule has 0 spiro atoms. The fourth-order valence-corrected chi connectivity index (χ4v) is 3.90. The van der Waals surface area contributed by atoms with E-state index in [0.717, 1.165) is 6.42 Å². The molecule has 0 aliphatic carbocycles. The van der Waals surface area contributed by atoms with Crippen molar-refractivity contribution in [3.05, 3.63) is 23.8 Å². The van der Waals surface area contributed by atoms with Gasteiger partial charge < -0.3 is 10.5 Å². The summed E-state index contributed by atoms with van der Waals surface area (Å²) in [6, 6.07) is 4.97. The zero-order valence-electron chi connectivity index (χ0n) is 10.6. The van der Waals surface area contributed by atoms with E-state index in [0.29, 0.717) is 29.2 Å². The Morgan fingerprint density at radius 3 is 2.78 bits per heavy atom. The summed E-state index contributed by atoms with van der Waals surface area (Å²) in [5, 5.41) is 0. The first-order valence-corrected chi connectivity index (χ1v) is 7.29. The van der Waals surface area contributed by atoms with Gasteiger partial charge in [-0.1, -0.05) is 6.07 Å². The Bertz CT molecular complexity index is 542. The topological polar surface area (TPSA) is 72.6 Å². The number of sulfonamides is 1. The minimum atomic E-state index is -3.46. The van der Waals surface area contributed by atoms with E-state index in [9.17, 15) is 8.42 Å². The first-order chi connectivity index (χ1) is 8.46. The monoisotopic (exact) mass is 270 g/mol. The molecule has 18 heavy (non-hydrogen) atoms. The number of benzene rings is 1. The zero-order chi connectivity index (χ0) is 13.3. The molecule has 1 aliphatic rings. The molecular formula is C12H18N2O3S. The molecular weight excluding hydrogens is 252 g/mol. The number of rotatable bonds is 3. The summed E-state index contributed by atoms with van der Waals surface area (Å²) < 4.78 is 31.6. The molecule has 0 aromatic heterocycles. The number of hydrogen-bond donors (Lipinski definition) is 1. The van der Waals surface area contributed by atoms with Gasteiger partial charge in [-0.2, -0.15) is 4.31 Å². The maximum atomic E-state index is 12.5. The first kappa shape index (κ1) is 13.3. The molecule has 1 aromatic rings. The maximum Gasteiger partial charge on any atom is 0.243 e. The lowest BCUT2D eigenvalue weighted by Crippen LogP contribution is -2.30. The summed E-state index contributed by atoms with van der Waals surface area (Å²) in [6.45, 7) is 2.63. The number of ether oxygens (including phenoxy) is 1. The van der Waals surface area contributed by atoms with E-state index in [1.807, 2.05) is 0 Å². The SMILES string of the molecule is COC1CCN(S(=O)(=O)c2cccc(N)c2C)C1. The predicted octanol–water partition coefficient (Wildman–Crippen LogP) is 0.987. The van der Waals surface area contributed by atoms with Crippen LogP contribution in [0.25, 0.3) is 0 Å². The van der Waals surface area contributed by atoms with Gasteiger partial charge in [-0.15, -0.1) is 0 Å². The van der Waals surface area contributed by atoms with E-state index in [2.05, 4.69) is 0 Å². The van der Waals surface area contributed by atoms with Crippen LogP contribution >= 0.6 is 0 Å². The second-order valence-corrected chi connectivity index (χ2v) is 6.39. The fraction of sp³-hybridized carbons (Fsp3) is 0.500. The van der Waals surface area contributed by atoms with Crippen molar-refractivity contribution < 1.29 is 13.2 Å². The van der Waals surface area contributed by atoms with Crippen molar-refractivity contribution in [3.63, 3.8) is 0 Å². The molecule has 5 nitrogen and oxygen atoms in total. The molecule has 0 radical (unpaired) electrons. The third-order valence-corrected chi connectivity index (χ3v) is 5.39. The Morgan fingerprint density at radius 1 is 1.44 bits per heavy atom. The molecule has 2 N–H and O–H groups in total. The Labute approximate surface area is 108 Å². The fourth-order valence-electron chi connectivity index (χ4n) is 2.16. The second kappa shape index (κ2) is 4.87. The van der Waals surface area contributed by atoms with Crippen LogP contribution in [0.4, 0.5) is 5.69 Å². The molecule has 1 aliphatic heterocycles. The second-order valence-electron chi connectivity index (χ2n) is 4.48. The lowest BCUT2D eigenvalue weighted by Gasteiger charge is -2.18. The Hall–Kier alpha value is -1.11. The van der Waals surface area contributed by atoms with Crippen LogP contribution in [0.5, 0.6) is 0 Å². The van der Waals surface area contributed by atoms with Gasteiger partial charge in [-0.25, -0.2) is 8.42 Å². The lowest BCUT2D eigenvalue weighted by molar-refractivity contribution is 0.115. The van der Waals surface area contributed by atoms with Gasteiger partial charge in [0.15, 0.2) is 0 Å². The van der Waals surface area contributed by atoms with Crippen molar-refractivity contribution in [2.45, 2.75) is 24.3 Å². The number of anilines is 1. The highest BCUT2D eigenvalue weighted by atomic mass is 32.2. The third kappa shape index (κ3) is 2.23.